The predicted molar refractivity (Wildman–Crippen MR) is 200 cm³/mol. The standard InChI is InChI=1S/C45H30N2O/c1-2-12-35(13-3-1)45-46-42-18-9-17-41(44(42)48-45)34-24-28-39(29-25-34)47(43-19-8-15-33-11-6-7-16-40(33)43)38-26-22-32(23-27-38)37-21-20-31-10-4-5-14-36(31)30-37/h1-30H. The molecule has 0 saturated heterocycles. The van der Waals surface area contributed by atoms with Gasteiger partial charge in [-0.3, -0.25) is 0 Å². The zero-order chi connectivity index (χ0) is 31.9. The molecular formula is C45H30N2O. The lowest BCUT2D eigenvalue weighted by Gasteiger charge is -2.27. The van der Waals surface area contributed by atoms with E-state index in [4.69, 9.17) is 9.40 Å². The number of anilines is 3. The van der Waals surface area contributed by atoms with Crippen LogP contribution < -0.4 is 4.90 Å². The number of hydrogen-bond acceptors (Lipinski definition) is 3. The van der Waals surface area contributed by atoms with E-state index in [1.165, 1.54) is 32.7 Å². The molecule has 0 N–H and O–H groups in total. The monoisotopic (exact) mass is 614 g/mol. The smallest absolute Gasteiger partial charge is 0.227 e. The van der Waals surface area contributed by atoms with Gasteiger partial charge < -0.3 is 9.32 Å². The van der Waals surface area contributed by atoms with Gasteiger partial charge in [0.2, 0.25) is 5.89 Å². The van der Waals surface area contributed by atoms with E-state index >= 15 is 0 Å². The SMILES string of the molecule is c1ccc(-c2nc3cccc(-c4ccc(N(c5ccc(-c6ccc7ccccc7c6)cc5)c5cccc6ccccc56)cc4)c3o2)cc1. The van der Waals surface area contributed by atoms with Crippen LogP contribution in [0.2, 0.25) is 0 Å². The first-order valence-corrected chi connectivity index (χ1v) is 16.2. The van der Waals surface area contributed by atoms with E-state index in [2.05, 4.69) is 144 Å². The largest absolute Gasteiger partial charge is 0.435 e. The number of para-hydroxylation sites is 1. The number of oxazole rings is 1. The van der Waals surface area contributed by atoms with Gasteiger partial charge in [0.05, 0.1) is 5.69 Å². The van der Waals surface area contributed by atoms with Gasteiger partial charge in [0.25, 0.3) is 0 Å². The Hall–Kier alpha value is -6.45. The maximum Gasteiger partial charge on any atom is 0.227 e. The summed E-state index contributed by atoms with van der Waals surface area (Å²) in [5.41, 5.74) is 10.4. The van der Waals surface area contributed by atoms with Gasteiger partial charge in [0, 0.05) is 27.9 Å². The molecular weight excluding hydrogens is 585 g/mol. The maximum atomic E-state index is 6.35. The van der Waals surface area contributed by atoms with Crippen LogP contribution >= 0.6 is 0 Å². The zero-order valence-corrected chi connectivity index (χ0v) is 26.1. The van der Waals surface area contributed by atoms with Crippen LogP contribution in [0.5, 0.6) is 0 Å². The van der Waals surface area contributed by atoms with Crippen LogP contribution in [0.4, 0.5) is 17.1 Å². The van der Waals surface area contributed by atoms with Gasteiger partial charge in [-0.15, -0.1) is 0 Å². The summed E-state index contributed by atoms with van der Waals surface area (Å²) in [5.74, 6) is 0.629. The second-order valence-corrected chi connectivity index (χ2v) is 12.0. The number of rotatable bonds is 6. The molecule has 0 radical (unpaired) electrons. The third-order valence-electron chi connectivity index (χ3n) is 9.09. The van der Waals surface area contributed by atoms with Crippen molar-refractivity contribution in [2.45, 2.75) is 0 Å². The van der Waals surface area contributed by atoms with Crippen molar-refractivity contribution < 1.29 is 4.42 Å². The van der Waals surface area contributed by atoms with Crippen LogP contribution in [0.1, 0.15) is 0 Å². The molecule has 0 aliphatic rings. The Labute approximate surface area is 279 Å². The topological polar surface area (TPSA) is 29.3 Å². The third kappa shape index (κ3) is 4.99. The molecule has 0 fully saturated rings. The Balaban J connectivity index is 1.12. The lowest BCUT2D eigenvalue weighted by atomic mass is 10.0. The van der Waals surface area contributed by atoms with Crippen molar-refractivity contribution in [3.05, 3.63) is 182 Å². The molecule has 48 heavy (non-hydrogen) atoms. The highest BCUT2D eigenvalue weighted by Crippen LogP contribution is 2.41. The van der Waals surface area contributed by atoms with Crippen molar-refractivity contribution in [3.8, 4) is 33.7 Å². The second-order valence-electron chi connectivity index (χ2n) is 12.0. The van der Waals surface area contributed by atoms with Crippen LogP contribution in [0.15, 0.2) is 186 Å². The minimum absolute atomic E-state index is 0.629. The molecule has 9 rings (SSSR count). The molecule has 0 bridgehead atoms. The lowest BCUT2D eigenvalue weighted by molar-refractivity contribution is 0.621. The van der Waals surface area contributed by atoms with Crippen LogP contribution in [-0.4, -0.2) is 4.98 Å². The maximum absolute atomic E-state index is 6.35. The van der Waals surface area contributed by atoms with Crippen molar-refractivity contribution in [1.82, 2.24) is 4.98 Å². The van der Waals surface area contributed by atoms with Gasteiger partial charge in [0.15, 0.2) is 5.58 Å². The second kappa shape index (κ2) is 11.7. The molecule has 0 spiro atoms. The van der Waals surface area contributed by atoms with Crippen molar-refractivity contribution in [2.75, 3.05) is 4.90 Å². The van der Waals surface area contributed by atoms with Crippen LogP contribution in [0.25, 0.3) is 66.4 Å². The molecule has 1 aromatic heterocycles. The van der Waals surface area contributed by atoms with Crippen molar-refractivity contribution in [1.29, 1.82) is 0 Å². The van der Waals surface area contributed by atoms with Crippen molar-refractivity contribution >= 4 is 49.7 Å². The number of fused-ring (bicyclic) bond motifs is 3. The highest BCUT2D eigenvalue weighted by Gasteiger charge is 2.17. The van der Waals surface area contributed by atoms with E-state index in [1.807, 2.05) is 42.5 Å². The molecule has 0 saturated carbocycles. The quantitative estimate of drug-likeness (QED) is 0.187. The van der Waals surface area contributed by atoms with E-state index in [0.29, 0.717) is 5.89 Å². The summed E-state index contributed by atoms with van der Waals surface area (Å²) in [4.78, 5) is 7.14. The van der Waals surface area contributed by atoms with Gasteiger partial charge in [-0.25, -0.2) is 4.98 Å². The van der Waals surface area contributed by atoms with Gasteiger partial charge in [-0.1, -0.05) is 127 Å². The molecule has 8 aromatic carbocycles. The predicted octanol–water partition coefficient (Wildman–Crippen LogP) is 12.6. The highest BCUT2D eigenvalue weighted by molar-refractivity contribution is 5.99. The normalized spacial score (nSPS) is 11.3. The molecule has 1 heterocycles. The van der Waals surface area contributed by atoms with Crippen molar-refractivity contribution in [3.63, 3.8) is 0 Å². The summed E-state index contributed by atoms with van der Waals surface area (Å²) in [7, 11) is 0. The molecule has 0 amide bonds. The average molecular weight is 615 g/mol. The molecule has 0 aliphatic heterocycles. The van der Waals surface area contributed by atoms with E-state index in [9.17, 15) is 0 Å². The fraction of sp³-hybridized carbons (Fsp3) is 0. The fourth-order valence-electron chi connectivity index (χ4n) is 6.67. The van der Waals surface area contributed by atoms with Crippen LogP contribution in [-0.2, 0) is 0 Å². The summed E-state index contributed by atoms with van der Waals surface area (Å²) in [5, 5.41) is 4.90. The summed E-state index contributed by atoms with van der Waals surface area (Å²) in [6.45, 7) is 0. The summed E-state index contributed by atoms with van der Waals surface area (Å²) in [6.07, 6.45) is 0. The van der Waals surface area contributed by atoms with E-state index in [1.54, 1.807) is 0 Å². The van der Waals surface area contributed by atoms with Crippen LogP contribution in [0.3, 0.4) is 0 Å². The Kier molecular flexibility index (Phi) is 6.80. The molecule has 3 heteroatoms. The van der Waals surface area contributed by atoms with Gasteiger partial charge in [-0.05, 0) is 87.4 Å². The first-order valence-electron chi connectivity index (χ1n) is 16.2. The summed E-state index contributed by atoms with van der Waals surface area (Å²) >= 11 is 0. The molecule has 9 aromatic rings. The fourth-order valence-corrected chi connectivity index (χ4v) is 6.67. The van der Waals surface area contributed by atoms with E-state index < -0.39 is 0 Å². The first-order chi connectivity index (χ1) is 23.8. The summed E-state index contributed by atoms with van der Waals surface area (Å²) < 4.78 is 6.35. The molecule has 0 unspecified atom stereocenters. The van der Waals surface area contributed by atoms with Gasteiger partial charge >= 0.3 is 0 Å². The Morgan fingerprint density at radius 1 is 0.417 bits per heavy atom. The molecule has 226 valence electrons. The van der Waals surface area contributed by atoms with Gasteiger partial charge in [0.1, 0.15) is 5.52 Å². The molecule has 0 aliphatic carbocycles. The number of hydrogen-bond donors (Lipinski definition) is 0. The summed E-state index contributed by atoms with van der Waals surface area (Å²) in [6, 6.07) is 64.1. The molecule has 3 nitrogen and oxygen atoms in total. The number of nitrogens with zero attached hydrogens (tertiary/aromatic N) is 2. The molecule has 0 atom stereocenters. The Morgan fingerprint density at radius 3 is 1.83 bits per heavy atom. The lowest BCUT2D eigenvalue weighted by Crippen LogP contribution is -2.10. The third-order valence-corrected chi connectivity index (χ3v) is 9.09. The number of benzene rings is 8. The van der Waals surface area contributed by atoms with Crippen molar-refractivity contribution in [2.24, 2.45) is 0 Å². The Morgan fingerprint density at radius 2 is 1.04 bits per heavy atom. The number of aromatic nitrogens is 1. The Bertz CT molecular complexity index is 2540. The van der Waals surface area contributed by atoms with Gasteiger partial charge in [-0.2, -0.15) is 0 Å². The van der Waals surface area contributed by atoms with E-state index in [-0.39, 0.29) is 0 Å². The van der Waals surface area contributed by atoms with Crippen LogP contribution in [0, 0.1) is 0 Å². The average Bonchev–Trinajstić information content (AvgIpc) is 3.61. The minimum atomic E-state index is 0.629. The minimum Gasteiger partial charge on any atom is -0.435 e. The first kappa shape index (κ1) is 27.8. The zero-order valence-electron chi connectivity index (χ0n) is 26.1. The van der Waals surface area contributed by atoms with E-state index in [0.717, 1.165) is 44.9 Å². The highest BCUT2D eigenvalue weighted by atomic mass is 16.3.